The molecular weight excluding hydrogens is 292 g/mol. The van der Waals surface area contributed by atoms with Crippen molar-refractivity contribution in [2.45, 2.75) is 19.8 Å². The van der Waals surface area contributed by atoms with Crippen LogP contribution in [0.25, 0.3) is 11.4 Å². The number of carbonyl (C=O) groups is 1. The van der Waals surface area contributed by atoms with Gasteiger partial charge in [-0.15, -0.1) is 0 Å². The Hall–Kier alpha value is -2.21. The molecule has 1 saturated heterocycles. The molecule has 6 heteroatoms. The van der Waals surface area contributed by atoms with Gasteiger partial charge in [0.2, 0.25) is 5.91 Å². The Morgan fingerprint density at radius 3 is 2.96 bits per heavy atom. The lowest BCUT2D eigenvalue weighted by Gasteiger charge is -2.16. The minimum absolute atomic E-state index is 0.0809. The minimum Gasteiger partial charge on any atom is -0.375 e. The fraction of sp³-hybridized carbons (Fsp3) is 0.471. The summed E-state index contributed by atoms with van der Waals surface area (Å²) in [5, 5.41) is 7.15. The molecule has 1 fully saturated rings. The Labute approximate surface area is 135 Å². The highest BCUT2D eigenvalue weighted by Crippen LogP contribution is 2.22. The van der Waals surface area contributed by atoms with E-state index in [0.29, 0.717) is 5.92 Å². The predicted octanol–water partition coefficient (Wildman–Crippen LogP) is 1.82. The first-order chi connectivity index (χ1) is 11.2. The van der Waals surface area contributed by atoms with Crippen LogP contribution in [0.4, 0.5) is 0 Å². The highest BCUT2D eigenvalue weighted by atomic mass is 16.5. The van der Waals surface area contributed by atoms with Crippen molar-refractivity contribution in [2.24, 2.45) is 5.92 Å². The molecule has 2 aromatic rings. The van der Waals surface area contributed by atoms with E-state index in [9.17, 15) is 4.79 Å². The number of H-pyrrole nitrogens is 1. The largest absolute Gasteiger partial charge is 0.375 e. The van der Waals surface area contributed by atoms with Crippen molar-refractivity contribution in [3.05, 3.63) is 35.7 Å². The van der Waals surface area contributed by atoms with Crippen LogP contribution in [0.3, 0.4) is 0 Å². The Bertz CT molecular complexity index is 665. The number of rotatable bonds is 5. The molecule has 0 aliphatic carbocycles. The normalized spacial score (nSPS) is 17.7. The van der Waals surface area contributed by atoms with Gasteiger partial charge in [-0.05, 0) is 43.4 Å². The number of hydrogen-bond donors (Lipinski definition) is 1. The van der Waals surface area contributed by atoms with Crippen molar-refractivity contribution in [1.29, 1.82) is 0 Å². The first kappa shape index (κ1) is 15.7. The van der Waals surface area contributed by atoms with Gasteiger partial charge in [0.1, 0.15) is 12.3 Å². The van der Waals surface area contributed by atoms with E-state index >= 15 is 0 Å². The van der Waals surface area contributed by atoms with Gasteiger partial charge in [-0.1, -0.05) is 6.07 Å². The van der Waals surface area contributed by atoms with Crippen LogP contribution in [-0.4, -0.2) is 52.8 Å². The highest BCUT2D eigenvalue weighted by molar-refractivity contribution is 5.77. The number of ether oxygens (including phenoxy) is 1. The summed E-state index contributed by atoms with van der Waals surface area (Å²) < 4.78 is 4.92. The third-order valence-corrected chi connectivity index (χ3v) is 4.22. The average Bonchev–Trinajstić information content (AvgIpc) is 3.18. The zero-order valence-corrected chi connectivity index (χ0v) is 13.6. The van der Waals surface area contributed by atoms with Gasteiger partial charge in [0, 0.05) is 32.1 Å². The monoisotopic (exact) mass is 314 g/mol. The van der Waals surface area contributed by atoms with Crippen LogP contribution in [0.5, 0.6) is 0 Å². The zero-order valence-electron chi connectivity index (χ0n) is 13.6. The van der Waals surface area contributed by atoms with Crippen LogP contribution in [0, 0.1) is 12.8 Å². The first-order valence-corrected chi connectivity index (χ1v) is 7.89. The zero-order chi connectivity index (χ0) is 16.2. The lowest BCUT2D eigenvalue weighted by Crippen LogP contribution is -2.31. The number of nitrogens with zero attached hydrogens (tertiary/aromatic N) is 3. The molecule has 1 amide bonds. The molecular formula is C17H22N4O2. The standard InChI is InChI=1S/C17H22N4O2/c1-12-7-16(20-19-12)15-4-3-13(9-18-15)8-14-5-6-21(10-14)17(22)11-23-2/h3-4,7,9,14H,5-6,8,10-11H2,1-2H3,(H,19,20)/t14-/m1/s1. The molecule has 0 spiro atoms. The van der Waals surface area contributed by atoms with Crippen molar-refractivity contribution in [3.8, 4) is 11.4 Å². The molecule has 3 heterocycles. The van der Waals surface area contributed by atoms with Crippen molar-refractivity contribution in [1.82, 2.24) is 20.1 Å². The van der Waals surface area contributed by atoms with Crippen molar-refractivity contribution in [3.63, 3.8) is 0 Å². The van der Waals surface area contributed by atoms with E-state index in [2.05, 4.69) is 21.2 Å². The van der Waals surface area contributed by atoms with Crippen LogP contribution >= 0.6 is 0 Å². The molecule has 1 aliphatic heterocycles. The molecule has 0 aromatic carbocycles. The summed E-state index contributed by atoms with van der Waals surface area (Å²) >= 11 is 0. The number of nitrogens with one attached hydrogen (secondary N) is 1. The molecule has 0 saturated carbocycles. The molecule has 0 unspecified atom stereocenters. The molecule has 23 heavy (non-hydrogen) atoms. The van der Waals surface area contributed by atoms with E-state index in [1.165, 1.54) is 5.56 Å². The summed E-state index contributed by atoms with van der Waals surface area (Å²) in [4.78, 5) is 18.2. The summed E-state index contributed by atoms with van der Waals surface area (Å²) in [6.07, 6.45) is 3.90. The second kappa shape index (κ2) is 6.91. The van der Waals surface area contributed by atoms with Crippen LogP contribution in [-0.2, 0) is 16.0 Å². The number of aromatic amines is 1. The Morgan fingerprint density at radius 1 is 1.43 bits per heavy atom. The predicted molar refractivity (Wildman–Crippen MR) is 86.8 cm³/mol. The summed E-state index contributed by atoms with van der Waals surface area (Å²) in [5.74, 6) is 0.577. The Kier molecular flexibility index (Phi) is 4.71. The van der Waals surface area contributed by atoms with Gasteiger partial charge in [-0.2, -0.15) is 5.10 Å². The fourth-order valence-electron chi connectivity index (χ4n) is 3.02. The molecule has 0 bridgehead atoms. The van der Waals surface area contributed by atoms with Gasteiger partial charge >= 0.3 is 0 Å². The molecule has 6 nitrogen and oxygen atoms in total. The number of carbonyl (C=O) groups excluding carboxylic acids is 1. The average molecular weight is 314 g/mol. The van der Waals surface area contributed by atoms with E-state index in [1.54, 1.807) is 7.11 Å². The van der Waals surface area contributed by atoms with Crippen molar-refractivity contribution in [2.75, 3.05) is 26.8 Å². The second-order valence-corrected chi connectivity index (χ2v) is 6.12. The molecule has 1 atom stereocenters. The van der Waals surface area contributed by atoms with Gasteiger partial charge in [0.25, 0.3) is 0 Å². The SMILES string of the molecule is COCC(=O)N1CC[C@H](Cc2ccc(-c3cc(C)[nH]n3)nc2)C1. The van der Waals surface area contributed by atoms with Gasteiger partial charge in [0.15, 0.2) is 0 Å². The third-order valence-electron chi connectivity index (χ3n) is 4.22. The van der Waals surface area contributed by atoms with Crippen molar-refractivity contribution >= 4 is 5.91 Å². The third kappa shape index (κ3) is 3.76. The molecule has 1 aliphatic rings. The van der Waals surface area contributed by atoms with Gasteiger partial charge in [-0.3, -0.25) is 14.9 Å². The lowest BCUT2D eigenvalue weighted by atomic mass is 10.00. The smallest absolute Gasteiger partial charge is 0.248 e. The van der Waals surface area contributed by atoms with E-state index in [4.69, 9.17) is 4.74 Å². The number of hydrogen-bond acceptors (Lipinski definition) is 4. The Balaban J connectivity index is 1.58. The number of amides is 1. The maximum Gasteiger partial charge on any atom is 0.248 e. The van der Waals surface area contributed by atoms with Crippen molar-refractivity contribution < 1.29 is 9.53 Å². The lowest BCUT2D eigenvalue weighted by molar-refractivity contribution is -0.134. The summed E-state index contributed by atoms with van der Waals surface area (Å²) in [6, 6.07) is 6.10. The Morgan fingerprint density at radius 2 is 2.30 bits per heavy atom. The van der Waals surface area contributed by atoms with E-state index in [0.717, 1.165) is 43.0 Å². The van der Waals surface area contributed by atoms with E-state index in [1.807, 2.05) is 30.2 Å². The van der Waals surface area contributed by atoms with Crippen LogP contribution in [0.1, 0.15) is 17.7 Å². The van der Waals surface area contributed by atoms with E-state index in [-0.39, 0.29) is 12.5 Å². The molecule has 3 rings (SSSR count). The molecule has 1 N–H and O–H groups in total. The number of aromatic nitrogens is 3. The second-order valence-electron chi connectivity index (χ2n) is 6.12. The maximum absolute atomic E-state index is 11.8. The van der Waals surface area contributed by atoms with Gasteiger partial charge in [0.05, 0.1) is 5.69 Å². The minimum atomic E-state index is 0.0809. The van der Waals surface area contributed by atoms with Crippen LogP contribution < -0.4 is 0 Å². The summed E-state index contributed by atoms with van der Waals surface area (Å²) in [6.45, 7) is 3.78. The van der Waals surface area contributed by atoms with Crippen LogP contribution in [0.15, 0.2) is 24.4 Å². The molecule has 0 radical (unpaired) electrons. The summed E-state index contributed by atoms with van der Waals surface area (Å²) in [7, 11) is 1.56. The van der Waals surface area contributed by atoms with Gasteiger partial charge < -0.3 is 9.64 Å². The number of methoxy groups -OCH3 is 1. The number of aryl methyl sites for hydroxylation is 1. The maximum atomic E-state index is 11.8. The van der Waals surface area contributed by atoms with E-state index < -0.39 is 0 Å². The topological polar surface area (TPSA) is 71.1 Å². The molecule has 122 valence electrons. The fourth-order valence-corrected chi connectivity index (χ4v) is 3.02. The van der Waals surface area contributed by atoms with Crippen LogP contribution in [0.2, 0.25) is 0 Å². The first-order valence-electron chi connectivity index (χ1n) is 7.89. The number of pyridine rings is 1. The summed E-state index contributed by atoms with van der Waals surface area (Å²) in [5.41, 5.74) is 3.97. The number of likely N-dealkylation sites (tertiary alicyclic amines) is 1. The highest BCUT2D eigenvalue weighted by Gasteiger charge is 2.26. The quantitative estimate of drug-likeness (QED) is 0.914. The van der Waals surface area contributed by atoms with Gasteiger partial charge in [-0.25, -0.2) is 0 Å². The molecule has 2 aromatic heterocycles.